The van der Waals surface area contributed by atoms with E-state index in [2.05, 4.69) is 0 Å². The van der Waals surface area contributed by atoms with Gasteiger partial charge in [-0.15, -0.1) is 0 Å². The molecule has 0 saturated heterocycles. The summed E-state index contributed by atoms with van der Waals surface area (Å²) in [6.45, 7) is 0. The first-order valence-electron chi connectivity index (χ1n) is 12.7. The molecule has 2 aliphatic carbocycles. The van der Waals surface area contributed by atoms with Crippen LogP contribution in [0.4, 0.5) is 8.78 Å². The van der Waals surface area contributed by atoms with E-state index < -0.39 is 0 Å². The van der Waals surface area contributed by atoms with Crippen LogP contribution in [0, 0.1) is 23.6 Å². The maximum Gasteiger partial charge on any atom is 0.123 e. The molecule has 2 heteroatoms. The van der Waals surface area contributed by atoms with Gasteiger partial charge in [-0.3, -0.25) is 0 Å². The van der Waals surface area contributed by atoms with Gasteiger partial charge in [0.1, 0.15) is 5.82 Å². The predicted molar refractivity (Wildman–Crippen MR) is 124 cm³/mol. The third kappa shape index (κ3) is 8.16. The lowest BCUT2D eigenvalue weighted by Gasteiger charge is -2.32. The molecule has 0 amide bonds. The highest BCUT2D eigenvalue weighted by Crippen LogP contribution is 2.40. The number of allylic oxidation sites excluding steroid dienone is 1. The summed E-state index contributed by atoms with van der Waals surface area (Å²) in [6, 6.07) is 7.21. The quantitative estimate of drug-likeness (QED) is 0.315. The summed E-state index contributed by atoms with van der Waals surface area (Å²) >= 11 is 0. The Morgan fingerprint density at radius 2 is 1.20 bits per heavy atom. The topological polar surface area (TPSA) is 0 Å². The zero-order valence-corrected chi connectivity index (χ0v) is 18.8. The average Bonchev–Trinajstić information content (AvgIpc) is 2.79. The molecule has 0 atom stereocenters. The van der Waals surface area contributed by atoms with E-state index in [1.165, 1.54) is 95.5 Å². The first-order chi connectivity index (χ1) is 14.7. The van der Waals surface area contributed by atoms with Crippen molar-refractivity contribution in [2.45, 2.75) is 109 Å². The molecule has 0 spiro atoms. The lowest BCUT2D eigenvalue weighted by molar-refractivity contribution is 0.222. The van der Waals surface area contributed by atoms with Crippen LogP contribution < -0.4 is 0 Å². The third-order valence-corrected chi connectivity index (χ3v) is 7.96. The summed E-state index contributed by atoms with van der Waals surface area (Å²) in [7, 11) is 0. The number of halogens is 2. The molecule has 3 rings (SSSR count). The van der Waals surface area contributed by atoms with Crippen LogP contribution in [0.3, 0.4) is 0 Å². The molecule has 0 radical (unpaired) electrons. The molecule has 2 saturated carbocycles. The van der Waals surface area contributed by atoms with Gasteiger partial charge in [0.15, 0.2) is 0 Å². The van der Waals surface area contributed by atoms with Crippen LogP contribution in [0.15, 0.2) is 36.7 Å². The Hall–Kier alpha value is -1.18. The molecule has 1 aromatic carbocycles. The molecular formula is C28H42F2. The van der Waals surface area contributed by atoms with Crippen molar-refractivity contribution in [3.63, 3.8) is 0 Å². The molecule has 0 N–H and O–H groups in total. The highest BCUT2D eigenvalue weighted by molar-refractivity contribution is 5.20. The molecule has 2 fully saturated rings. The Labute approximate surface area is 183 Å². The molecule has 0 heterocycles. The van der Waals surface area contributed by atoms with Crippen LogP contribution in [0.2, 0.25) is 0 Å². The Bertz CT molecular complexity index is 590. The van der Waals surface area contributed by atoms with Crippen LogP contribution in [-0.4, -0.2) is 0 Å². The number of hydrogen-bond acceptors (Lipinski definition) is 0. The smallest absolute Gasteiger partial charge is 0.123 e. The predicted octanol–water partition coefficient (Wildman–Crippen LogP) is 9.51. The molecule has 168 valence electrons. The number of rotatable bonds is 11. The molecule has 0 bridgehead atoms. The Balaban J connectivity index is 1.22. The van der Waals surface area contributed by atoms with Gasteiger partial charge in [-0.05, 0) is 79.9 Å². The standard InChI is InChI=1S/C28H42F2/c29-22-6-4-2-1-3-5-7-23-8-10-24(11-9-23)12-13-25-14-16-26(17-15-25)27-18-20-28(30)21-19-27/h6,18-26H,1-5,7-17H2/b22-6+. The maximum absolute atomic E-state index is 13.1. The molecule has 30 heavy (non-hydrogen) atoms. The van der Waals surface area contributed by atoms with Crippen molar-refractivity contribution in [2.24, 2.45) is 17.8 Å². The molecule has 0 nitrogen and oxygen atoms in total. The monoisotopic (exact) mass is 416 g/mol. The van der Waals surface area contributed by atoms with Crippen LogP contribution >= 0.6 is 0 Å². The Morgan fingerprint density at radius 1 is 0.667 bits per heavy atom. The first kappa shape index (κ1) is 23.5. The van der Waals surface area contributed by atoms with Gasteiger partial charge in [0.25, 0.3) is 0 Å². The Morgan fingerprint density at radius 3 is 1.80 bits per heavy atom. The summed E-state index contributed by atoms with van der Waals surface area (Å²) < 4.78 is 25.0. The molecule has 0 aromatic heterocycles. The van der Waals surface area contributed by atoms with Crippen LogP contribution in [0.25, 0.3) is 0 Å². The van der Waals surface area contributed by atoms with Gasteiger partial charge in [-0.1, -0.05) is 82.4 Å². The van der Waals surface area contributed by atoms with Gasteiger partial charge in [0, 0.05) is 0 Å². The molecule has 2 aliphatic rings. The van der Waals surface area contributed by atoms with Crippen molar-refractivity contribution in [1.29, 1.82) is 0 Å². The summed E-state index contributed by atoms with van der Waals surface area (Å²) in [5, 5.41) is 0. The van der Waals surface area contributed by atoms with Gasteiger partial charge in [-0.25, -0.2) is 8.78 Å². The van der Waals surface area contributed by atoms with E-state index in [4.69, 9.17) is 0 Å². The van der Waals surface area contributed by atoms with Crippen molar-refractivity contribution in [3.8, 4) is 0 Å². The summed E-state index contributed by atoms with van der Waals surface area (Å²) in [5.74, 6) is 3.40. The summed E-state index contributed by atoms with van der Waals surface area (Å²) in [6.07, 6.45) is 23.7. The van der Waals surface area contributed by atoms with E-state index in [1.54, 1.807) is 18.2 Å². The van der Waals surface area contributed by atoms with E-state index >= 15 is 0 Å². The van der Waals surface area contributed by atoms with Gasteiger partial charge in [0.2, 0.25) is 0 Å². The van der Waals surface area contributed by atoms with E-state index in [9.17, 15) is 8.78 Å². The molecule has 0 unspecified atom stereocenters. The van der Waals surface area contributed by atoms with Gasteiger partial charge >= 0.3 is 0 Å². The van der Waals surface area contributed by atoms with Gasteiger partial charge in [-0.2, -0.15) is 0 Å². The Kier molecular flexibility index (Phi) is 10.4. The normalized spacial score (nSPS) is 27.5. The van der Waals surface area contributed by atoms with Crippen LogP contribution in [0.1, 0.15) is 114 Å². The van der Waals surface area contributed by atoms with Crippen molar-refractivity contribution in [2.75, 3.05) is 0 Å². The lowest BCUT2D eigenvalue weighted by atomic mass is 9.74. The molecular weight excluding hydrogens is 374 g/mol. The fourth-order valence-electron chi connectivity index (χ4n) is 5.91. The second-order valence-corrected chi connectivity index (χ2v) is 10.1. The van der Waals surface area contributed by atoms with Crippen molar-refractivity contribution < 1.29 is 8.78 Å². The maximum atomic E-state index is 13.1. The second-order valence-electron chi connectivity index (χ2n) is 10.1. The lowest BCUT2D eigenvalue weighted by Crippen LogP contribution is -2.17. The van der Waals surface area contributed by atoms with Crippen molar-refractivity contribution in [1.82, 2.24) is 0 Å². The number of hydrogen-bond donors (Lipinski definition) is 0. The average molecular weight is 417 g/mol. The van der Waals surface area contributed by atoms with Crippen molar-refractivity contribution >= 4 is 0 Å². The first-order valence-corrected chi connectivity index (χ1v) is 12.7. The minimum Gasteiger partial charge on any atom is -0.216 e. The van der Waals surface area contributed by atoms with Crippen LogP contribution in [-0.2, 0) is 0 Å². The fourth-order valence-corrected chi connectivity index (χ4v) is 5.91. The highest BCUT2D eigenvalue weighted by atomic mass is 19.1. The minimum absolute atomic E-state index is 0.120. The highest BCUT2D eigenvalue weighted by Gasteiger charge is 2.25. The molecule has 1 aromatic rings. The third-order valence-electron chi connectivity index (χ3n) is 7.96. The van der Waals surface area contributed by atoms with Crippen LogP contribution in [0.5, 0.6) is 0 Å². The van der Waals surface area contributed by atoms with E-state index in [0.717, 1.165) is 30.6 Å². The molecule has 0 aliphatic heterocycles. The SMILES string of the molecule is F/C=C/CCCCCCC1CCC(CCC2CCC(c3ccc(F)cc3)CC2)CC1. The zero-order chi connectivity index (χ0) is 21.0. The minimum atomic E-state index is -0.120. The van der Waals surface area contributed by atoms with E-state index in [0.29, 0.717) is 12.2 Å². The van der Waals surface area contributed by atoms with E-state index in [-0.39, 0.29) is 5.82 Å². The number of benzene rings is 1. The summed E-state index contributed by atoms with van der Waals surface area (Å²) in [4.78, 5) is 0. The summed E-state index contributed by atoms with van der Waals surface area (Å²) in [5.41, 5.74) is 1.34. The second kappa shape index (κ2) is 13.3. The van der Waals surface area contributed by atoms with E-state index in [1.807, 2.05) is 12.1 Å². The number of unbranched alkanes of at least 4 members (excludes halogenated alkanes) is 4. The van der Waals surface area contributed by atoms with Gasteiger partial charge in [0.05, 0.1) is 6.33 Å². The van der Waals surface area contributed by atoms with Gasteiger partial charge < -0.3 is 0 Å². The van der Waals surface area contributed by atoms with Crippen molar-refractivity contribution in [3.05, 3.63) is 48.1 Å². The zero-order valence-electron chi connectivity index (χ0n) is 18.8. The fraction of sp³-hybridized carbons (Fsp3) is 0.714. The largest absolute Gasteiger partial charge is 0.216 e.